The highest BCUT2D eigenvalue weighted by Gasteiger charge is 2.42. The van der Waals surface area contributed by atoms with Gasteiger partial charge in [0.25, 0.3) is 5.91 Å². The molecule has 2 aliphatic rings. The lowest BCUT2D eigenvalue weighted by atomic mass is 9.96. The fourth-order valence-electron chi connectivity index (χ4n) is 3.04. The van der Waals surface area contributed by atoms with Crippen molar-refractivity contribution in [1.82, 2.24) is 10.2 Å². The van der Waals surface area contributed by atoms with Gasteiger partial charge in [-0.1, -0.05) is 6.07 Å². The molecule has 1 amide bonds. The summed E-state index contributed by atoms with van der Waals surface area (Å²) in [5, 5.41) is 3.19. The van der Waals surface area contributed by atoms with Crippen LogP contribution >= 0.6 is 12.4 Å². The van der Waals surface area contributed by atoms with Crippen molar-refractivity contribution in [1.29, 1.82) is 0 Å². The highest BCUT2D eigenvalue weighted by molar-refractivity contribution is 5.94. The van der Waals surface area contributed by atoms with Gasteiger partial charge in [-0.3, -0.25) is 4.79 Å². The van der Waals surface area contributed by atoms with Gasteiger partial charge < -0.3 is 10.2 Å². The lowest BCUT2D eigenvalue weighted by Crippen LogP contribution is -2.44. The number of fused-ring (bicyclic) bond motifs is 1. The van der Waals surface area contributed by atoms with E-state index in [1.165, 1.54) is 4.90 Å². The summed E-state index contributed by atoms with van der Waals surface area (Å²) in [7, 11) is 0. The SMILES string of the molecule is Cl.O=C(c1ccc2c(c1)CNC2)N1CCCC(C(F)(F)F)C1. The van der Waals surface area contributed by atoms with Gasteiger partial charge in [-0.15, -0.1) is 12.4 Å². The molecule has 1 saturated heterocycles. The number of alkyl halides is 3. The second kappa shape index (κ2) is 6.46. The molecule has 1 N–H and O–H groups in total. The van der Waals surface area contributed by atoms with E-state index in [1.807, 2.05) is 6.07 Å². The molecule has 1 aromatic carbocycles. The number of hydrogen-bond donors (Lipinski definition) is 1. The molecule has 122 valence electrons. The van der Waals surface area contributed by atoms with E-state index in [0.717, 1.165) is 17.7 Å². The normalized spacial score (nSPS) is 21.2. The summed E-state index contributed by atoms with van der Waals surface area (Å²) >= 11 is 0. The zero-order chi connectivity index (χ0) is 15.0. The van der Waals surface area contributed by atoms with Gasteiger partial charge in [0.15, 0.2) is 0 Å². The van der Waals surface area contributed by atoms with Crippen LogP contribution in [0.15, 0.2) is 18.2 Å². The Labute approximate surface area is 133 Å². The number of hydrogen-bond acceptors (Lipinski definition) is 2. The summed E-state index contributed by atoms with van der Waals surface area (Å²) < 4.78 is 38.4. The molecule has 1 unspecified atom stereocenters. The Kier molecular flexibility index (Phi) is 5.02. The molecule has 1 aromatic rings. The fourth-order valence-corrected chi connectivity index (χ4v) is 3.04. The predicted octanol–water partition coefficient (Wildman–Crippen LogP) is 3.13. The van der Waals surface area contributed by atoms with Crippen LogP contribution in [-0.2, 0) is 13.1 Å². The van der Waals surface area contributed by atoms with Crippen molar-refractivity contribution in [3.63, 3.8) is 0 Å². The largest absolute Gasteiger partial charge is 0.393 e. The minimum absolute atomic E-state index is 0. The average Bonchev–Trinajstić information content (AvgIpc) is 2.93. The zero-order valence-corrected chi connectivity index (χ0v) is 12.8. The van der Waals surface area contributed by atoms with E-state index in [4.69, 9.17) is 0 Å². The molecule has 2 aliphatic heterocycles. The molecule has 1 atom stereocenters. The van der Waals surface area contributed by atoms with E-state index in [1.54, 1.807) is 12.1 Å². The first kappa shape index (κ1) is 17.1. The van der Waals surface area contributed by atoms with Crippen molar-refractivity contribution in [2.24, 2.45) is 5.92 Å². The van der Waals surface area contributed by atoms with Gasteiger partial charge in [0, 0.05) is 31.7 Å². The summed E-state index contributed by atoms with van der Waals surface area (Å²) in [5.41, 5.74) is 2.70. The van der Waals surface area contributed by atoms with Crippen LogP contribution in [0.1, 0.15) is 34.3 Å². The van der Waals surface area contributed by atoms with Crippen LogP contribution in [0.25, 0.3) is 0 Å². The Bertz CT molecular complexity index is 562. The molecule has 7 heteroatoms. The first-order valence-corrected chi connectivity index (χ1v) is 7.13. The van der Waals surface area contributed by atoms with Crippen LogP contribution in [-0.4, -0.2) is 30.1 Å². The highest BCUT2D eigenvalue weighted by Crippen LogP contribution is 2.33. The monoisotopic (exact) mass is 334 g/mol. The van der Waals surface area contributed by atoms with Gasteiger partial charge in [-0.25, -0.2) is 0 Å². The van der Waals surface area contributed by atoms with Gasteiger partial charge in [-0.2, -0.15) is 13.2 Å². The molecular formula is C15H18ClF3N2O. The van der Waals surface area contributed by atoms with E-state index in [0.29, 0.717) is 25.1 Å². The summed E-state index contributed by atoms with van der Waals surface area (Å²) in [5.74, 6) is -1.69. The Morgan fingerprint density at radius 3 is 2.68 bits per heavy atom. The van der Waals surface area contributed by atoms with Crippen LogP contribution in [0.2, 0.25) is 0 Å². The number of likely N-dealkylation sites (tertiary alicyclic amines) is 1. The molecule has 0 aromatic heterocycles. The van der Waals surface area contributed by atoms with Crippen LogP contribution in [0.5, 0.6) is 0 Å². The Morgan fingerprint density at radius 1 is 1.23 bits per heavy atom. The third kappa shape index (κ3) is 3.38. The molecule has 0 aliphatic carbocycles. The molecule has 0 radical (unpaired) electrons. The van der Waals surface area contributed by atoms with Crippen molar-refractivity contribution in [2.45, 2.75) is 32.1 Å². The summed E-state index contributed by atoms with van der Waals surface area (Å²) in [6.45, 7) is 1.67. The van der Waals surface area contributed by atoms with Gasteiger partial charge in [0.2, 0.25) is 0 Å². The van der Waals surface area contributed by atoms with E-state index < -0.39 is 12.1 Å². The summed E-state index contributed by atoms with van der Waals surface area (Å²) in [6.07, 6.45) is -3.70. The van der Waals surface area contributed by atoms with Gasteiger partial charge in [0.1, 0.15) is 0 Å². The number of nitrogens with one attached hydrogen (secondary N) is 1. The summed E-state index contributed by atoms with van der Waals surface area (Å²) in [4.78, 5) is 13.7. The van der Waals surface area contributed by atoms with Crippen molar-refractivity contribution < 1.29 is 18.0 Å². The lowest BCUT2D eigenvalue weighted by molar-refractivity contribution is -0.184. The molecule has 0 bridgehead atoms. The minimum atomic E-state index is -4.22. The van der Waals surface area contributed by atoms with Crippen molar-refractivity contribution >= 4 is 18.3 Å². The third-order valence-corrected chi connectivity index (χ3v) is 4.26. The molecule has 22 heavy (non-hydrogen) atoms. The van der Waals surface area contributed by atoms with Crippen LogP contribution in [0.4, 0.5) is 13.2 Å². The third-order valence-electron chi connectivity index (χ3n) is 4.26. The molecule has 3 rings (SSSR count). The summed E-state index contributed by atoms with van der Waals surface area (Å²) in [6, 6.07) is 5.40. The molecule has 0 spiro atoms. The van der Waals surface area contributed by atoms with Gasteiger partial charge >= 0.3 is 6.18 Å². The van der Waals surface area contributed by atoms with E-state index in [9.17, 15) is 18.0 Å². The number of carbonyl (C=O) groups excluding carboxylic acids is 1. The Hall–Kier alpha value is -1.27. The fraction of sp³-hybridized carbons (Fsp3) is 0.533. The second-order valence-electron chi connectivity index (χ2n) is 5.72. The van der Waals surface area contributed by atoms with Gasteiger partial charge in [-0.05, 0) is 36.1 Å². The van der Waals surface area contributed by atoms with Crippen molar-refractivity contribution in [3.05, 3.63) is 34.9 Å². The van der Waals surface area contributed by atoms with Crippen LogP contribution in [0, 0.1) is 5.92 Å². The molecular weight excluding hydrogens is 317 g/mol. The van der Waals surface area contributed by atoms with Crippen molar-refractivity contribution in [3.8, 4) is 0 Å². The van der Waals surface area contributed by atoms with E-state index in [-0.39, 0.29) is 31.3 Å². The maximum absolute atomic E-state index is 12.8. The zero-order valence-electron chi connectivity index (χ0n) is 11.9. The first-order valence-electron chi connectivity index (χ1n) is 7.13. The molecule has 1 fully saturated rings. The average molecular weight is 335 g/mol. The number of halogens is 4. The van der Waals surface area contributed by atoms with Crippen LogP contribution in [0.3, 0.4) is 0 Å². The molecule has 0 saturated carbocycles. The number of carbonyl (C=O) groups is 1. The topological polar surface area (TPSA) is 32.3 Å². The number of rotatable bonds is 1. The standard InChI is InChI=1S/C15H17F3N2O.ClH/c16-15(17,18)13-2-1-5-20(9-13)14(21)10-3-4-11-7-19-8-12(11)6-10;/h3-4,6,13,19H,1-2,5,7-9H2;1H. The predicted molar refractivity (Wildman–Crippen MR) is 78.9 cm³/mol. The number of benzene rings is 1. The Balaban J connectivity index is 0.00000176. The minimum Gasteiger partial charge on any atom is -0.338 e. The molecule has 2 heterocycles. The number of piperidine rings is 1. The maximum Gasteiger partial charge on any atom is 0.393 e. The highest BCUT2D eigenvalue weighted by atomic mass is 35.5. The maximum atomic E-state index is 12.8. The van der Waals surface area contributed by atoms with E-state index >= 15 is 0 Å². The van der Waals surface area contributed by atoms with Crippen LogP contribution < -0.4 is 5.32 Å². The number of amides is 1. The quantitative estimate of drug-likeness (QED) is 0.856. The molecule has 3 nitrogen and oxygen atoms in total. The first-order chi connectivity index (χ1) is 9.95. The van der Waals surface area contributed by atoms with E-state index in [2.05, 4.69) is 5.32 Å². The van der Waals surface area contributed by atoms with Crippen molar-refractivity contribution in [2.75, 3.05) is 13.1 Å². The smallest absolute Gasteiger partial charge is 0.338 e. The second-order valence-corrected chi connectivity index (χ2v) is 5.72. The number of nitrogens with zero attached hydrogens (tertiary/aromatic N) is 1. The Morgan fingerprint density at radius 2 is 1.95 bits per heavy atom. The van der Waals surface area contributed by atoms with Gasteiger partial charge in [0.05, 0.1) is 5.92 Å². The lowest BCUT2D eigenvalue weighted by Gasteiger charge is -2.33.